The minimum Gasteiger partial charge on any atom is -0.478 e. The molecule has 0 saturated heterocycles. The molecular weight excluding hydrogens is 269 g/mol. The average Bonchev–Trinajstić information content (AvgIpc) is 2.46. The Bertz CT molecular complexity index is 522. The Kier molecular flexibility index (Phi) is 5.37. The minimum absolute atomic E-state index is 0.305. The molecule has 1 aliphatic rings. The third-order valence-corrected chi connectivity index (χ3v) is 4.06. The molecule has 0 heterocycles. The number of carbonyl (C=O) groups is 1. The normalized spacial score (nSPS) is 16.3. The van der Waals surface area contributed by atoms with Crippen molar-refractivity contribution in [1.29, 1.82) is 0 Å². The molecule has 21 heavy (non-hydrogen) atoms. The molecular formula is C17H22FNO2. The molecule has 0 amide bonds. The number of benzene rings is 1. The Morgan fingerprint density at radius 2 is 2.10 bits per heavy atom. The predicted octanol–water partition coefficient (Wildman–Crippen LogP) is 3.94. The Balaban J connectivity index is 2.18. The minimum atomic E-state index is -1.03. The Hall–Kier alpha value is -1.84. The highest BCUT2D eigenvalue weighted by molar-refractivity contribution is 5.87. The summed E-state index contributed by atoms with van der Waals surface area (Å²) in [5, 5.41) is 8.74. The Morgan fingerprint density at radius 3 is 2.76 bits per heavy atom. The second-order valence-corrected chi connectivity index (χ2v) is 5.73. The molecule has 2 rings (SSSR count). The zero-order valence-corrected chi connectivity index (χ0v) is 12.4. The lowest BCUT2D eigenvalue weighted by molar-refractivity contribution is -0.131. The molecule has 0 aliphatic heterocycles. The highest BCUT2D eigenvalue weighted by atomic mass is 19.1. The first-order chi connectivity index (χ1) is 10.1. The molecule has 0 atom stereocenters. The van der Waals surface area contributed by atoms with Gasteiger partial charge >= 0.3 is 5.97 Å². The van der Waals surface area contributed by atoms with Crippen molar-refractivity contribution in [1.82, 2.24) is 0 Å². The van der Waals surface area contributed by atoms with E-state index in [1.54, 1.807) is 12.1 Å². The van der Waals surface area contributed by atoms with Crippen LogP contribution in [0.2, 0.25) is 0 Å². The fourth-order valence-electron chi connectivity index (χ4n) is 3.08. The lowest BCUT2D eigenvalue weighted by atomic mass is 9.89. The van der Waals surface area contributed by atoms with E-state index in [-0.39, 0.29) is 5.82 Å². The number of carboxylic acid groups (broad SMARTS) is 1. The van der Waals surface area contributed by atoms with Gasteiger partial charge in [-0.05, 0) is 30.9 Å². The van der Waals surface area contributed by atoms with E-state index in [1.807, 2.05) is 11.9 Å². The second-order valence-electron chi connectivity index (χ2n) is 5.73. The first-order valence-corrected chi connectivity index (χ1v) is 7.48. The topological polar surface area (TPSA) is 40.5 Å². The van der Waals surface area contributed by atoms with E-state index in [0.717, 1.165) is 12.6 Å². The van der Waals surface area contributed by atoms with Gasteiger partial charge in [-0.1, -0.05) is 31.4 Å². The van der Waals surface area contributed by atoms with Crippen molar-refractivity contribution in [2.75, 3.05) is 18.5 Å². The summed E-state index contributed by atoms with van der Waals surface area (Å²) in [6.45, 7) is 0.814. The Labute approximate surface area is 125 Å². The third kappa shape index (κ3) is 4.31. The van der Waals surface area contributed by atoms with E-state index in [2.05, 4.69) is 0 Å². The molecule has 0 unspecified atom stereocenters. The fourth-order valence-corrected chi connectivity index (χ4v) is 3.08. The first kappa shape index (κ1) is 15.5. The second kappa shape index (κ2) is 7.25. The zero-order valence-electron chi connectivity index (χ0n) is 12.4. The van der Waals surface area contributed by atoms with Gasteiger partial charge in [0.15, 0.2) is 0 Å². The summed E-state index contributed by atoms with van der Waals surface area (Å²) in [6.07, 6.45) is 8.69. The molecule has 3 nitrogen and oxygen atoms in total. The van der Waals surface area contributed by atoms with Crippen LogP contribution in [0.1, 0.15) is 37.7 Å². The van der Waals surface area contributed by atoms with Crippen molar-refractivity contribution in [3.05, 3.63) is 35.7 Å². The smallest absolute Gasteiger partial charge is 0.328 e. The number of rotatable bonds is 5. The molecule has 0 radical (unpaired) electrons. The van der Waals surface area contributed by atoms with Crippen LogP contribution >= 0.6 is 0 Å². The van der Waals surface area contributed by atoms with Crippen LogP contribution in [0, 0.1) is 11.7 Å². The number of anilines is 1. The monoisotopic (exact) mass is 291 g/mol. The van der Waals surface area contributed by atoms with Gasteiger partial charge in [0.25, 0.3) is 0 Å². The van der Waals surface area contributed by atoms with E-state index < -0.39 is 5.97 Å². The maximum Gasteiger partial charge on any atom is 0.328 e. The highest BCUT2D eigenvalue weighted by Gasteiger charge is 2.18. The van der Waals surface area contributed by atoms with Gasteiger partial charge in [-0.25, -0.2) is 9.18 Å². The molecule has 0 aromatic heterocycles. The average molecular weight is 291 g/mol. The molecule has 1 N–H and O–H groups in total. The van der Waals surface area contributed by atoms with E-state index in [9.17, 15) is 9.18 Å². The van der Waals surface area contributed by atoms with Crippen LogP contribution in [0.15, 0.2) is 24.3 Å². The third-order valence-electron chi connectivity index (χ3n) is 4.06. The number of carboxylic acids is 1. The largest absolute Gasteiger partial charge is 0.478 e. The summed E-state index contributed by atoms with van der Waals surface area (Å²) in [4.78, 5) is 12.6. The summed E-state index contributed by atoms with van der Waals surface area (Å²) in [7, 11) is 1.88. The van der Waals surface area contributed by atoms with E-state index >= 15 is 0 Å². The number of para-hydroxylation sites is 1. The van der Waals surface area contributed by atoms with Gasteiger partial charge in [0, 0.05) is 25.2 Å². The van der Waals surface area contributed by atoms with Gasteiger partial charge in [-0.15, -0.1) is 0 Å². The number of halogens is 1. The highest BCUT2D eigenvalue weighted by Crippen LogP contribution is 2.29. The quantitative estimate of drug-likeness (QED) is 0.835. The van der Waals surface area contributed by atoms with Gasteiger partial charge in [-0.3, -0.25) is 0 Å². The van der Waals surface area contributed by atoms with Crippen LogP contribution < -0.4 is 4.90 Å². The number of aliphatic carboxylic acids is 1. The molecule has 1 aromatic rings. The van der Waals surface area contributed by atoms with Crippen LogP contribution in [-0.2, 0) is 4.79 Å². The van der Waals surface area contributed by atoms with Gasteiger partial charge < -0.3 is 10.0 Å². The van der Waals surface area contributed by atoms with Gasteiger partial charge in [-0.2, -0.15) is 0 Å². The molecule has 114 valence electrons. The molecule has 0 spiro atoms. The number of hydrogen-bond acceptors (Lipinski definition) is 2. The standard InChI is InChI=1S/C17H22FNO2/c1-19(12-13-6-3-2-4-7-13)17-14(10-11-16(20)21)8-5-9-15(17)18/h5,8-11,13H,2-4,6-7,12H2,1H3,(H,20,21)/b11-10+. The number of nitrogens with zero attached hydrogens (tertiary/aromatic N) is 1. The maximum atomic E-state index is 14.2. The fraction of sp³-hybridized carbons (Fsp3) is 0.471. The van der Waals surface area contributed by atoms with Crippen molar-refractivity contribution in [2.24, 2.45) is 5.92 Å². The SMILES string of the molecule is CN(CC1CCCCC1)c1c(F)cccc1/C=C/C(=O)O. The van der Waals surface area contributed by atoms with Crippen molar-refractivity contribution in [3.63, 3.8) is 0 Å². The summed E-state index contributed by atoms with van der Waals surface area (Å²) in [6, 6.07) is 4.77. The van der Waals surface area contributed by atoms with E-state index in [0.29, 0.717) is 17.2 Å². The predicted molar refractivity (Wildman–Crippen MR) is 82.9 cm³/mol. The molecule has 1 aromatic carbocycles. The lowest BCUT2D eigenvalue weighted by Crippen LogP contribution is -2.28. The van der Waals surface area contributed by atoms with Gasteiger partial charge in [0.05, 0.1) is 5.69 Å². The summed E-state index contributed by atoms with van der Waals surface area (Å²) in [5.41, 5.74) is 1.09. The van der Waals surface area contributed by atoms with E-state index in [1.165, 1.54) is 44.2 Å². The van der Waals surface area contributed by atoms with Gasteiger partial charge in [0.2, 0.25) is 0 Å². The Morgan fingerprint density at radius 1 is 1.38 bits per heavy atom. The lowest BCUT2D eigenvalue weighted by Gasteiger charge is -2.29. The summed E-state index contributed by atoms with van der Waals surface area (Å²) < 4.78 is 14.2. The van der Waals surface area contributed by atoms with Gasteiger partial charge in [0.1, 0.15) is 5.82 Å². The van der Waals surface area contributed by atoms with Crippen LogP contribution in [0.3, 0.4) is 0 Å². The molecule has 1 fully saturated rings. The van der Waals surface area contributed by atoms with Crippen molar-refractivity contribution >= 4 is 17.7 Å². The number of hydrogen-bond donors (Lipinski definition) is 1. The zero-order chi connectivity index (χ0) is 15.2. The van der Waals surface area contributed by atoms with E-state index in [4.69, 9.17) is 5.11 Å². The van der Waals surface area contributed by atoms with Crippen molar-refractivity contribution in [3.8, 4) is 0 Å². The van der Waals surface area contributed by atoms with Crippen LogP contribution in [-0.4, -0.2) is 24.7 Å². The van der Waals surface area contributed by atoms with Crippen molar-refractivity contribution < 1.29 is 14.3 Å². The van der Waals surface area contributed by atoms with Crippen LogP contribution in [0.5, 0.6) is 0 Å². The van der Waals surface area contributed by atoms with Crippen molar-refractivity contribution in [2.45, 2.75) is 32.1 Å². The molecule has 1 aliphatic carbocycles. The van der Waals surface area contributed by atoms with Crippen LogP contribution in [0.25, 0.3) is 6.08 Å². The molecule has 0 bridgehead atoms. The summed E-state index contributed by atoms with van der Waals surface area (Å²) >= 11 is 0. The summed E-state index contributed by atoms with van der Waals surface area (Å²) in [5.74, 6) is -0.736. The van der Waals surface area contributed by atoms with Crippen LogP contribution in [0.4, 0.5) is 10.1 Å². The molecule has 1 saturated carbocycles. The molecule has 4 heteroatoms. The first-order valence-electron chi connectivity index (χ1n) is 7.48. The maximum absolute atomic E-state index is 14.2.